The number of aliphatic carboxylic acids is 1. The second-order valence-corrected chi connectivity index (χ2v) is 5.52. The molecule has 100 valence electrons. The molecule has 0 saturated carbocycles. The summed E-state index contributed by atoms with van der Waals surface area (Å²) >= 11 is 3.11. The Labute approximate surface area is 159 Å². The summed E-state index contributed by atoms with van der Waals surface area (Å²) < 4.78 is 0. The van der Waals surface area contributed by atoms with Crippen LogP contribution in [0.5, 0.6) is 0 Å². The maximum absolute atomic E-state index is 11.6. The van der Waals surface area contributed by atoms with Gasteiger partial charge in [-0.3, -0.25) is 4.79 Å². The summed E-state index contributed by atoms with van der Waals surface area (Å²) in [5.74, 6) is -0.257. The topological polar surface area (TPSA) is 95.2 Å². The van der Waals surface area contributed by atoms with Gasteiger partial charge in [-0.1, -0.05) is 0 Å². The molecular weight excluding hydrogens is 299 g/mol. The minimum absolute atomic E-state index is 0. The van der Waals surface area contributed by atoms with E-state index in [2.05, 4.69) is 5.32 Å². The third-order valence-corrected chi connectivity index (χ3v) is 3.47. The number of carbonyl (C=O) groups excluding carboxylic acids is 2. The smallest absolute Gasteiger partial charge is 0.548 e. The van der Waals surface area contributed by atoms with E-state index in [1.54, 1.807) is 11.8 Å². The zero-order chi connectivity index (χ0) is 13.3. The average Bonchev–Trinajstić information content (AvgIpc) is 2.30. The van der Waals surface area contributed by atoms with Crippen molar-refractivity contribution >= 4 is 35.4 Å². The van der Waals surface area contributed by atoms with Gasteiger partial charge in [0.1, 0.15) is 0 Å². The van der Waals surface area contributed by atoms with Gasteiger partial charge in [0, 0.05) is 0 Å². The molecule has 0 rings (SSSR count). The third-order valence-electron chi connectivity index (χ3n) is 2.18. The van der Waals surface area contributed by atoms with E-state index in [4.69, 9.17) is 5.73 Å². The molecule has 0 bridgehead atoms. The number of carbonyl (C=O) groups is 2. The van der Waals surface area contributed by atoms with Crippen LogP contribution in [0, 0.1) is 0 Å². The monoisotopic (exact) mass is 318 g/mol. The molecule has 0 aliphatic rings. The Morgan fingerprint density at radius 3 is 2.17 bits per heavy atom. The Morgan fingerprint density at radius 1 is 1.22 bits per heavy atom. The van der Waals surface area contributed by atoms with Gasteiger partial charge in [-0.15, -0.1) is 0 Å². The Morgan fingerprint density at radius 2 is 1.72 bits per heavy atom. The molecule has 0 aromatic heterocycles. The van der Waals surface area contributed by atoms with Crippen LogP contribution in [0.4, 0.5) is 0 Å². The first-order valence-corrected chi connectivity index (χ1v) is 8.06. The van der Waals surface area contributed by atoms with Crippen LogP contribution in [-0.4, -0.2) is 48.0 Å². The van der Waals surface area contributed by atoms with Crippen molar-refractivity contribution in [2.45, 2.75) is 24.9 Å². The Kier molecular flexibility index (Phi) is 15.8. The van der Waals surface area contributed by atoms with Crippen molar-refractivity contribution in [3.63, 3.8) is 0 Å². The molecule has 0 saturated heterocycles. The zero-order valence-electron chi connectivity index (χ0n) is 11.1. The van der Waals surface area contributed by atoms with Crippen molar-refractivity contribution in [1.82, 2.24) is 5.32 Å². The number of carboxylic acids is 1. The van der Waals surface area contributed by atoms with Gasteiger partial charge in [-0.05, 0) is 36.9 Å². The minimum atomic E-state index is -1.26. The van der Waals surface area contributed by atoms with Crippen molar-refractivity contribution in [1.29, 1.82) is 0 Å². The first kappa shape index (κ1) is 21.5. The number of thioether (sulfide) groups is 2. The van der Waals surface area contributed by atoms with E-state index in [0.29, 0.717) is 18.6 Å². The molecule has 1 amide bonds. The fraction of sp³-hybridized carbons (Fsp3) is 0.800. The summed E-state index contributed by atoms with van der Waals surface area (Å²) in [5, 5.41) is 13.2. The first-order valence-electron chi connectivity index (χ1n) is 5.27. The predicted molar refractivity (Wildman–Crippen MR) is 70.9 cm³/mol. The van der Waals surface area contributed by atoms with Gasteiger partial charge in [-0.2, -0.15) is 23.5 Å². The van der Waals surface area contributed by atoms with E-state index in [9.17, 15) is 14.7 Å². The maximum atomic E-state index is 11.6. The van der Waals surface area contributed by atoms with Crippen LogP contribution >= 0.6 is 23.5 Å². The summed E-state index contributed by atoms with van der Waals surface area (Å²) in [4.78, 5) is 22.4. The summed E-state index contributed by atoms with van der Waals surface area (Å²) in [6, 6.07) is -1.60. The van der Waals surface area contributed by atoms with Gasteiger partial charge in [0.25, 0.3) is 0 Å². The number of nitrogens with one attached hydrogen (secondary N) is 1. The molecule has 0 aromatic rings. The first-order chi connectivity index (χ1) is 8.02. The molecule has 3 N–H and O–H groups in total. The van der Waals surface area contributed by atoms with Gasteiger partial charge in [0.2, 0.25) is 5.91 Å². The van der Waals surface area contributed by atoms with Crippen LogP contribution in [0.15, 0.2) is 0 Å². The van der Waals surface area contributed by atoms with Gasteiger partial charge < -0.3 is 21.0 Å². The van der Waals surface area contributed by atoms with Gasteiger partial charge in [0.15, 0.2) is 0 Å². The van der Waals surface area contributed by atoms with Crippen molar-refractivity contribution in [2.75, 3.05) is 24.0 Å². The fourth-order valence-corrected chi connectivity index (χ4v) is 2.10. The van der Waals surface area contributed by atoms with Crippen molar-refractivity contribution < 1.29 is 66.1 Å². The summed E-state index contributed by atoms with van der Waals surface area (Å²) in [6.07, 6.45) is 4.69. The average molecular weight is 319 g/mol. The van der Waals surface area contributed by atoms with Crippen LogP contribution in [0.2, 0.25) is 0 Å². The van der Waals surface area contributed by atoms with Crippen LogP contribution in [-0.2, 0) is 9.59 Å². The quantitative estimate of drug-likeness (QED) is 0.422. The summed E-state index contributed by atoms with van der Waals surface area (Å²) in [5.41, 5.74) is 5.64. The standard InChI is InChI=1S/C10H20N2O3S2.K/c1-16-5-3-7(11)9(13)12-8(10(14)15)4-6-17-2;/h7-8H,3-6,11H2,1-2H3,(H,12,13)(H,14,15);/q;+1/p-1/t7-,8-;/m0./s1. The molecular formula is C10H19KN2O3S2. The van der Waals surface area contributed by atoms with Crippen LogP contribution < -0.4 is 67.5 Å². The Balaban J connectivity index is 0. The Bertz CT molecular complexity index is 257. The number of amides is 1. The molecule has 0 fully saturated rings. The van der Waals surface area contributed by atoms with Crippen LogP contribution in [0.25, 0.3) is 0 Å². The molecule has 0 aromatic carbocycles. The zero-order valence-corrected chi connectivity index (χ0v) is 15.9. The minimum Gasteiger partial charge on any atom is -0.548 e. The summed E-state index contributed by atoms with van der Waals surface area (Å²) in [6.45, 7) is 0. The Hall–Kier alpha value is 1.24. The summed E-state index contributed by atoms with van der Waals surface area (Å²) in [7, 11) is 0. The number of rotatable bonds is 9. The second kappa shape index (κ2) is 13.2. The molecule has 2 atom stereocenters. The number of hydrogen-bond acceptors (Lipinski definition) is 6. The van der Waals surface area contributed by atoms with Crippen LogP contribution in [0.3, 0.4) is 0 Å². The fourth-order valence-electron chi connectivity index (χ4n) is 1.14. The van der Waals surface area contributed by atoms with Crippen molar-refractivity contribution in [3.8, 4) is 0 Å². The largest absolute Gasteiger partial charge is 1.00 e. The van der Waals surface area contributed by atoms with E-state index in [-0.39, 0.29) is 51.4 Å². The SMILES string of the molecule is CSCC[C@H](NC(=O)[C@@H](N)CCSC)C(=O)[O-].[K+]. The van der Waals surface area contributed by atoms with E-state index in [0.717, 1.165) is 5.75 Å². The van der Waals surface area contributed by atoms with Crippen molar-refractivity contribution in [2.24, 2.45) is 5.73 Å². The second-order valence-electron chi connectivity index (χ2n) is 3.55. The van der Waals surface area contributed by atoms with E-state index >= 15 is 0 Å². The van der Waals surface area contributed by atoms with Crippen molar-refractivity contribution in [3.05, 3.63) is 0 Å². The van der Waals surface area contributed by atoms with Gasteiger partial charge >= 0.3 is 51.4 Å². The molecule has 0 aliphatic heterocycles. The molecule has 0 heterocycles. The number of nitrogens with two attached hydrogens (primary N) is 1. The normalized spacial score (nSPS) is 13.3. The molecule has 0 spiro atoms. The van der Waals surface area contributed by atoms with Gasteiger partial charge in [-0.25, -0.2) is 0 Å². The molecule has 5 nitrogen and oxygen atoms in total. The van der Waals surface area contributed by atoms with Crippen LogP contribution in [0.1, 0.15) is 12.8 Å². The molecule has 0 radical (unpaired) electrons. The van der Waals surface area contributed by atoms with E-state index in [1.165, 1.54) is 11.8 Å². The molecule has 8 heteroatoms. The van der Waals surface area contributed by atoms with E-state index in [1.807, 2.05) is 12.5 Å². The maximum Gasteiger partial charge on any atom is 1.00 e. The van der Waals surface area contributed by atoms with E-state index < -0.39 is 24.0 Å². The molecule has 0 unspecified atom stereocenters. The predicted octanol–water partition coefficient (Wildman–Crippen LogP) is -3.94. The van der Waals surface area contributed by atoms with Gasteiger partial charge in [0.05, 0.1) is 18.1 Å². The number of hydrogen-bond donors (Lipinski definition) is 2. The molecule has 18 heavy (non-hydrogen) atoms. The number of carboxylic acid groups (broad SMARTS) is 1. The molecule has 0 aliphatic carbocycles. The third kappa shape index (κ3) is 10.1.